The number of carbonyl (C=O) groups is 3. The lowest BCUT2D eigenvalue weighted by molar-refractivity contribution is -0.122. The molecule has 0 unspecified atom stereocenters. The van der Waals surface area contributed by atoms with Gasteiger partial charge in [0.25, 0.3) is 11.8 Å². The molecule has 2 N–H and O–H groups in total. The number of rotatable bonds is 7. The predicted octanol–water partition coefficient (Wildman–Crippen LogP) is 3.94. The van der Waals surface area contributed by atoms with Crippen LogP contribution >= 0.6 is 12.2 Å². The lowest BCUT2D eigenvalue weighted by atomic mass is 10.1. The van der Waals surface area contributed by atoms with Gasteiger partial charge in [-0.25, -0.2) is 14.1 Å². The quantitative estimate of drug-likeness (QED) is 0.284. The number of benzene rings is 3. The number of anilines is 1. The van der Waals surface area contributed by atoms with Crippen LogP contribution in [0.25, 0.3) is 6.08 Å². The molecule has 0 radical (unpaired) electrons. The molecule has 1 aliphatic rings. The highest BCUT2D eigenvalue weighted by molar-refractivity contribution is 7.80. The van der Waals surface area contributed by atoms with Crippen molar-refractivity contribution < 1.29 is 33.4 Å². The van der Waals surface area contributed by atoms with Crippen molar-refractivity contribution in [1.29, 1.82) is 0 Å². The number of para-hydroxylation sites is 1. The van der Waals surface area contributed by atoms with Gasteiger partial charge in [-0.2, -0.15) is 0 Å². The molecule has 0 bridgehead atoms. The fourth-order valence-electron chi connectivity index (χ4n) is 3.47. The van der Waals surface area contributed by atoms with Crippen LogP contribution in [0.1, 0.15) is 21.5 Å². The molecule has 4 rings (SSSR count). The summed E-state index contributed by atoms with van der Waals surface area (Å²) in [6.45, 7) is 0.159. The van der Waals surface area contributed by atoms with Crippen LogP contribution in [0.2, 0.25) is 0 Å². The standard InChI is InChI=1S/C26H19FN2O6S/c1-34-22-13-16(8-11-21(22)35-14-15-6-9-17(10-7-15)25(32)33)12-18-23(30)28-26(36)29(24(18)31)20-5-3-2-4-19(20)27/h2-13H,14H2,1H3,(H,32,33)(H,28,30,36). The monoisotopic (exact) mass is 506 g/mol. The van der Waals surface area contributed by atoms with Crippen LogP contribution < -0.4 is 19.7 Å². The third kappa shape index (κ3) is 5.08. The Bertz CT molecular complexity index is 1400. The third-order valence-corrected chi connectivity index (χ3v) is 5.57. The number of carboxylic acid groups (broad SMARTS) is 1. The summed E-state index contributed by atoms with van der Waals surface area (Å²) in [7, 11) is 1.44. The second kappa shape index (κ2) is 10.4. The normalized spacial score (nSPS) is 14.6. The zero-order valence-corrected chi connectivity index (χ0v) is 19.7. The number of aromatic carboxylic acids is 1. The number of methoxy groups -OCH3 is 1. The third-order valence-electron chi connectivity index (χ3n) is 5.29. The van der Waals surface area contributed by atoms with Gasteiger partial charge < -0.3 is 14.6 Å². The van der Waals surface area contributed by atoms with Crippen molar-refractivity contribution in [1.82, 2.24) is 5.32 Å². The van der Waals surface area contributed by atoms with Crippen LogP contribution in [0.4, 0.5) is 10.1 Å². The lowest BCUT2D eigenvalue weighted by Gasteiger charge is -2.29. The zero-order valence-electron chi connectivity index (χ0n) is 18.9. The number of amides is 2. The van der Waals surface area contributed by atoms with Gasteiger partial charge in [0.05, 0.1) is 18.4 Å². The molecule has 0 aliphatic carbocycles. The predicted molar refractivity (Wildman–Crippen MR) is 133 cm³/mol. The molecular weight excluding hydrogens is 487 g/mol. The summed E-state index contributed by atoms with van der Waals surface area (Å²) < 4.78 is 25.5. The molecule has 1 fully saturated rings. The molecule has 0 atom stereocenters. The topological polar surface area (TPSA) is 105 Å². The van der Waals surface area contributed by atoms with Crippen molar-refractivity contribution in [3.63, 3.8) is 0 Å². The molecule has 0 aromatic heterocycles. The fourth-order valence-corrected chi connectivity index (χ4v) is 3.75. The van der Waals surface area contributed by atoms with Crippen LogP contribution in [-0.4, -0.2) is 35.1 Å². The number of halogens is 1. The molecule has 1 aliphatic heterocycles. The molecule has 182 valence electrons. The van der Waals surface area contributed by atoms with Gasteiger partial charge in [-0.3, -0.25) is 14.9 Å². The van der Waals surface area contributed by atoms with Gasteiger partial charge in [-0.1, -0.05) is 30.3 Å². The minimum atomic E-state index is -1.02. The van der Waals surface area contributed by atoms with Gasteiger partial charge in [0.15, 0.2) is 16.6 Å². The first kappa shape index (κ1) is 24.6. The smallest absolute Gasteiger partial charge is 0.335 e. The number of nitrogens with one attached hydrogen (secondary N) is 1. The molecule has 1 heterocycles. The Hall–Kier alpha value is -4.57. The highest BCUT2D eigenvalue weighted by Gasteiger charge is 2.35. The minimum Gasteiger partial charge on any atom is -0.493 e. The van der Waals surface area contributed by atoms with Gasteiger partial charge in [0.2, 0.25) is 0 Å². The first-order chi connectivity index (χ1) is 17.3. The van der Waals surface area contributed by atoms with E-state index < -0.39 is 23.6 Å². The number of hydrogen-bond donors (Lipinski definition) is 2. The van der Waals surface area contributed by atoms with E-state index in [1.807, 2.05) is 0 Å². The van der Waals surface area contributed by atoms with Crippen molar-refractivity contribution in [2.45, 2.75) is 6.61 Å². The van der Waals surface area contributed by atoms with Gasteiger partial charge in [-0.05, 0) is 65.8 Å². The second-order valence-corrected chi connectivity index (χ2v) is 8.00. The molecule has 1 saturated heterocycles. The van der Waals surface area contributed by atoms with E-state index >= 15 is 0 Å². The molecule has 3 aromatic rings. The van der Waals surface area contributed by atoms with Crippen LogP contribution in [0.3, 0.4) is 0 Å². The summed E-state index contributed by atoms with van der Waals surface area (Å²) >= 11 is 5.10. The van der Waals surface area contributed by atoms with Crippen molar-refractivity contribution in [2.75, 3.05) is 12.0 Å². The average molecular weight is 507 g/mol. The number of carboxylic acids is 1. The molecule has 10 heteroatoms. The molecular formula is C26H19FN2O6S. The summed E-state index contributed by atoms with van der Waals surface area (Å²) in [5.74, 6) is -2.41. The summed E-state index contributed by atoms with van der Waals surface area (Å²) in [5, 5.41) is 11.2. The summed E-state index contributed by atoms with van der Waals surface area (Å²) in [6, 6.07) is 16.7. The lowest BCUT2D eigenvalue weighted by Crippen LogP contribution is -2.54. The number of nitrogens with zero attached hydrogens (tertiary/aromatic N) is 1. The first-order valence-corrected chi connectivity index (χ1v) is 11.0. The molecule has 0 saturated carbocycles. The zero-order chi connectivity index (χ0) is 25.8. The number of ether oxygens (including phenoxy) is 2. The Kier molecular flexibility index (Phi) is 7.07. The van der Waals surface area contributed by atoms with Gasteiger partial charge >= 0.3 is 5.97 Å². The number of thiocarbonyl (C=S) groups is 1. The van der Waals surface area contributed by atoms with E-state index in [0.717, 1.165) is 10.5 Å². The SMILES string of the molecule is COc1cc(C=C2C(=O)NC(=S)N(c3ccccc3F)C2=O)ccc1OCc1ccc(C(=O)O)cc1. The Morgan fingerprint density at radius 1 is 1.08 bits per heavy atom. The summed E-state index contributed by atoms with van der Waals surface area (Å²) in [6.07, 6.45) is 1.35. The maximum Gasteiger partial charge on any atom is 0.335 e. The number of hydrogen-bond acceptors (Lipinski definition) is 6. The molecule has 0 spiro atoms. The molecule has 3 aromatic carbocycles. The Balaban J connectivity index is 1.57. The van der Waals surface area contributed by atoms with Crippen molar-refractivity contribution >= 4 is 46.9 Å². The van der Waals surface area contributed by atoms with Gasteiger partial charge in [0, 0.05) is 0 Å². The highest BCUT2D eigenvalue weighted by atomic mass is 32.1. The minimum absolute atomic E-state index is 0.0730. The van der Waals surface area contributed by atoms with E-state index in [-0.39, 0.29) is 28.5 Å². The first-order valence-electron chi connectivity index (χ1n) is 10.6. The summed E-state index contributed by atoms with van der Waals surface area (Å²) in [5.41, 5.74) is 1.08. The fraction of sp³-hybridized carbons (Fsp3) is 0.0769. The molecule has 36 heavy (non-hydrogen) atoms. The largest absolute Gasteiger partial charge is 0.493 e. The Labute approximate surface area is 210 Å². The highest BCUT2D eigenvalue weighted by Crippen LogP contribution is 2.31. The summed E-state index contributed by atoms with van der Waals surface area (Å²) in [4.78, 5) is 37.5. The Morgan fingerprint density at radius 3 is 2.47 bits per heavy atom. The Morgan fingerprint density at radius 2 is 1.81 bits per heavy atom. The van der Waals surface area contributed by atoms with Crippen LogP contribution in [0.5, 0.6) is 11.5 Å². The van der Waals surface area contributed by atoms with Crippen molar-refractivity contribution in [2.24, 2.45) is 0 Å². The van der Waals surface area contributed by atoms with E-state index in [1.165, 1.54) is 43.5 Å². The van der Waals surface area contributed by atoms with E-state index in [9.17, 15) is 18.8 Å². The second-order valence-electron chi connectivity index (χ2n) is 7.61. The van der Waals surface area contributed by atoms with Crippen molar-refractivity contribution in [3.05, 3.63) is 94.8 Å². The van der Waals surface area contributed by atoms with E-state index in [4.69, 9.17) is 26.8 Å². The van der Waals surface area contributed by atoms with E-state index in [1.54, 1.807) is 36.4 Å². The van der Waals surface area contributed by atoms with Gasteiger partial charge in [-0.15, -0.1) is 0 Å². The van der Waals surface area contributed by atoms with Crippen molar-refractivity contribution in [3.8, 4) is 11.5 Å². The average Bonchev–Trinajstić information content (AvgIpc) is 2.86. The number of carbonyl (C=O) groups excluding carboxylic acids is 2. The maximum atomic E-state index is 14.3. The van der Waals surface area contributed by atoms with E-state index in [2.05, 4.69) is 5.32 Å². The van der Waals surface area contributed by atoms with E-state index in [0.29, 0.717) is 17.1 Å². The molecule has 2 amide bonds. The maximum absolute atomic E-state index is 14.3. The molecule has 8 nitrogen and oxygen atoms in total. The van der Waals surface area contributed by atoms with Crippen LogP contribution in [-0.2, 0) is 16.2 Å². The van der Waals surface area contributed by atoms with Gasteiger partial charge in [0.1, 0.15) is 18.0 Å². The van der Waals surface area contributed by atoms with Crippen LogP contribution in [0, 0.1) is 5.82 Å². The van der Waals surface area contributed by atoms with Crippen LogP contribution in [0.15, 0.2) is 72.3 Å².